The average Bonchev–Trinajstić information content (AvgIpc) is 2.39. The Morgan fingerprint density at radius 3 is 1.46 bits per heavy atom. The van der Waals surface area contributed by atoms with E-state index in [1.165, 1.54) is 0 Å². The van der Waals surface area contributed by atoms with Gasteiger partial charge in [-0.15, -0.1) is 0 Å². The minimum Gasteiger partial charge on any atom is -0.366 e. The van der Waals surface area contributed by atoms with Crippen molar-refractivity contribution in [2.45, 2.75) is 30.7 Å². The summed E-state index contributed by atoms with van der Waals surface area (Å²) < 4.78 is 115. The fraction of sp³-hybridized carbons (Fsp3) is 1.00. The van der Waals surface area contributed by atoms with Crippen molar-refractivity contribution in [2.75, 3.05) is 31.6 Å². The number of hydrogen-bond acceptors (Lipinski definition) is 14. The van der Waals surface area contributed by atoms with E-state index in [9.17, 15) is 38.8 Å². The molecule has 5 atom stereocenters. The van der Waals surface area contributed by atoms with Crippen LogP contribution in [0.3, 0.4) is 0 Å². The molecule has 0 aliphatic carbocycles. The van der Waals surface area contributed by atoms with E-state index in [0.717, 1.165) is 0 Å². The average molecular weight is 493 g/mol. The van der Waals surface area contributed by atoms with E-state index in [4.69, 9.17) is 8.92 Å². The zero-order valence-corrected chi connectivity index (χ0v) is 18.2. The van der Waals surface area contributed by atoms with Crippen LogP contribution in [0.15, 0.2) is 0 Å². The first-order valence-electron chi connectivity index (χ1n) is 7.10. The highest BCUT2D eigenvalue weighted by Gasteiger charge is 2.52. The van der Waals surface area contributed by atoms with Crippen molar-refractivity contribution < 1.29 is 60.2 Å². The van der Waals surface area contributed by atoms with Crippen molar-refractivity contribution >= 4 is 40.5 Å². The quantitative estimate of drug-likeness (QED) is 0.314. The maximum absolute atomic E-state index is 11.6. The highest BCUT2D eigenvalue weighted by atomic mass is 32.2. The Bertz CT molecular complexity index is 963. The van der Waals surface area contributed by atoms with Gasteiger partial charge in [-0.05, 0) is 0 Å². The summed E-state index contributed by atoms with van der Waals surface area (Å²) in [4.78, 5) is 0. The van der Waals surface area contributed by atoms with Gasteiger partial charge in [0.25, 0.3) is 40.5 Å². The van der Waals surface area contributed by atoms with Crippen molar-refractivity contribution in [1.82, 2.24) is 0 Å². The number of hydrogen-bond donors (Lipinski definition) is 1. The maximum atomic E-state index is 11.6. The lowest BCUT2D eigenvalue weighted by Gasteiger charge is -2.42. The first kappa shape index (κ1) is 25.6. The summed E-state index contributed by atoms with van der Waals surface area (Å²) in [5.74, 6) is 0. The summed E-state index contributed by atoms with van der Waals surface area (Å²) in [6, 6.07) is 0. The molecule has 0 aromatic rings. The molecule has 0 unspecified atom stereocenters. The molecule has 1 saturated heterocycles. The van der Waals surface area contributed by atoms with Gasteiger partial charge in [-0.3, -0.25) is 16.7 Å². The molecular formula is C10H20O14S4. The smallest absolute Gasteiger partial charge is 0.264 e. The Kier molecular flexibility index (Phi) is 7.99. The first-order valence-corrected chi connectivity index (χ1v) is 14.4. The number of ether oxygens (including phenoxy) is 1. The van der Waals surface area contributed by atoms with Gasteiger partial charge >= 0.3 is 0 Å². The molecule has 1 N–H and O–H groups in total. The highest BCUT2D eigenvalue weighted by molar-refractivity contribution is 7.86. The second-order valence-electron chi connectivity index (χ2n) is 5.85. The van der Waals surface area contributed by atoms with Gasteiger partial charge in [0, 0.05) is 0 Å². The number of aliphatic hydroxyl groups excluding tert-OH is 1. The molecule has 0 amide bonds. The van der Waals surface area contributed by atoms with Crippen LogP contribution in [0.1, 0.15) is 0 Å². The van der Waals surface area contributed by atoms with Crippen LogP contribution in [-0.2, 0) is 61.9 Å². The van der Waals surface area contributed by atoms with E-state index in [0.29, 0.717) is 25.0 Å². The lowest BCUT2D eigenvalue weighted by Crippen LogP contribution is -2.62. The van der Waals surface area contributed by atoms with E-state index < -0.39 is 77.8 Å². The fourth-order valence-electron chi connectivity index (χ4n) is 2.15. The van der Waals surface area contributed by atoms with Gasteiger partial charge in [0.05, 0.1) is 31.6 Å². The Morgan fingerprint density at radius 1 is 0.679 bits per heavy atom. The van der Waals surface area contributed by atoms with E-state index in [2.05, 4.69) is 12.5 Å². The molecule has 1 aliphatic heterocycles. The number of rotatable bonds is 9. The van der Waals surface area contributed by atoms with Crippen molar-refractivity contribution in [3.05, 3.63) is 0 Å². The van der Waals surface area contributed by atoms with E-state index >= 15 is 0 Å². The standard InChI is InChI=1S/C10H20O14S4/c1-25(12,13)20-5-6-7(22-26(2,14)15)8(23-27(3,16)17)9(10(11)21-6)24-28(4,18)19/h6-11H,5H2,1-4H3/t6-,7-,8+,9-,10+/m0/s1. The van der Waals surface area contributed by atoms with E-state index in [1.807, 2.05) is 0 Å². The molecule has 18 heteroatoms. The van der Waals surface area contributed by atoms with Crippen molar-refractivity contribution in [1.29, 1.82) is 0 Å². The van der Waals surface area contributed by atoms with Gasteiger partial charge in [0.2, 0.25) is 0 Å². The molecule has 1 aliphatic rings. The third-order valence-corrected chi connectivity index (χ3v) is 5.19. The van der Waals surface area contributed by atoms with Crippen LogP contribution in [0.5, 0.6) is 0 Å². The topological polar surface area (TPSA) is 203 Å². The second kappa shape index (κ2) is 8.74. The van der Waals surface area contributed by atoms with E-state index in [-0.39, 0.29) is 0 Å². The van der Waals surface area contributed by atoms with Crippen LogP contribution in [-0.4, -0.2) is 101 Å². The summed E-state index contributed by atoms with van der Waals surface area (Å²) in [6.07, 6.45) is -7.58. The molecule has 0 radical (unpaired) electrons. The molecule has 1 heterocycles. The molecule has 28 heavy (non-hydrogen) atoms. The van der Waals surface area contributed by atoms with Crippen molar-refractivity contribution in [3.63, 3.8) is 0 Å². The molecular weight excluding hydrogens is 472 g/mol. The highest BCUT2D eigenvalue weighted by Crippen LogP contribution is 2.30. The second-order valence-corrected chi connectivity index (χ2v) is 12.3. The molecule has 1 fully saturated rings. The van der Waals surface area contributed by atoms with Gasteiger partial charge in [0.15, 0.2) is 12.4 Å². The molecule has 0 bridgehead atoms. The first-order chi connectivity index (χ1) is 12.3. The Balaban J connectivity index is 3.42. The lowest BCUT2D eigenvalue weighted by molar-refractivity contribution is -0.267. The Labute approximate surface area is 163 Å². The van der Waals surface area contributed by atoms with Gasteiger partial charge < -0.3 is 9.84 Å². The molecule has 14 nitrogen and oxygen atoms in total. The van der Waals surface area contributed by atoms with Crippen LogP contribution in [0.2, 0.25) is 0 Å². The predicted octanol–water partition coefficient (Wildman–Crippen LogP) is -3.29. The molecule has 0 saturated carbocycles. The Morgan fingerprint density at radius 2 is 1.07 bits per heavy atom. The molecule has 0 aromatic carbocycles. The number of aliphatic hydroxyl groups is 1. The third-order valence-electron chi connectivity index (χ3n) is 2.91. The molecule has 0 spiro atoms. The van der Waals surface area contributed by atoms with Crippen LogP contribution in [0.4, 0.5) is 0 Å². The molecule has 1 rings (SSSR count). The molecule has 168 valence electrons. The minimum absolute atomic E-state index is 0.561. The lowest BCUT2D eigenvalue weighted by atomic mass is 9.99. The fourth-order valence-corrected chi connectivity index (χ4v) is 4.40. The maximum Gasteiger partial charge on any atom is 0.264 e. The zero-order chi connectivity index (χ0) is 22.1. The Hall–Kier alpha value is -0.440. The summed E-state index contributed by atoms with van der Waals surface area (Å²) >= 11 is 0. The normalized spacial score (nSPS) is 30.2. The minimum atomic E-state index is -4.37. The van der Waals surface area contributed by atoms with Gasteiger partial charge in [-0.1, -0.05) is 0 Å². The van der Waals surface area contributed by atoms with Crippen LogP contribution < -0.4 is 0 Å². The monoisotopic (exact) mass is 492 g/mol. The van der Waals surface area contributed by atoms with Gasteiger partial charge in [-0.2, -0.15) is 33.7 Å². The predicted molar refractivity (Wildman–Crippen MR) is 90.8 cm³/mol. The van der Waals surface area contributed by atoms with Gasteiger partial charge in [0.1, 0.15) is 18.3 Å². The SMILES string of the molecule is CS(=O)(=O)OC[C@@H]1O[C@@H](O)[C@@H](OS(C)(=O)=O)[C@H](OS(C)(=O)=O)[C@H]1OS(C)(=O)=O. The third kappa shape index (κ3) is 9.37. The van der Waals surface area contributed by atoms with Crippen molar-refractivity contribution in [3.8, 4) is 0 Å². The zero-order valence-electron chi connectivity index (χ0n) is 15.0. The summed E-state index contributed by atoms with van der Waals surface area (Å²) in [5, 5.41) is 10.0. The van der Waals surface area contributed by atoms with Crippen molar-refractivity contribution in [2.24, 2.45) is 0 Å². The summed E-state index contributed by atoms with van der Waals surface area (Å²) in [6.45, 7) is -0.911. The van der Waals surface area contributed by atoms with Crippen LogP contribution >= 0.6 is 0 Å². The van der Waals surface area contributed by atoms with Crippen LogP contribution in [0, 0.1) is 0 Å². The molecule has 0 aromatic heterocycles. The van der Waals surface area contributed by atoms with Crippen LogP contribution in [0.25, 0.3) is 0 Å². The largest absolute Gasteiger partial charge is 0.366 e. The van der Waals surface area contributed by atoms with Gasteiger partial charge in [-0.25, -0.2) is 0 Å². The van der Waals surface area contributed by atoms with E-state index in [1.54, 1.807) is 0 Å². The summed E-state index contributed by atoms with van der Waals surface area (Å²) in [7, 11) is -17.1. The summed E-state index contributed by atoms with van der Waals surface area (Å²) in [5.41, 5.74) is 0.